The highest BCUT2D eigenvalue weighted by Crippen LogP contribution is 2.35. The average molecular weight is 259 g/mol. The van der Waals surface area contributed by atoms with Crippen LogP contribution in [-0.2, 0) is 0 Å². The van der Waals surface area contributed by atoms with E-state index in [1.54, 1.807) is 6.20 Å². The molecule has 2 heterocycles. The molecule has 5 heteroatoms. The van der Waals surface area contributed by atoms with Crippen LogP contribution in [0.15, 0.2) is 16.8 Å². The second-order valence-electron chi connectivity index (χ2n) is 5.34. The summed E-state index contributed by atoms with van der Waals surface area (Å²) in [5.74, 6) is 0.664. The topological polar surface area (TPSA) is 59.2 Å². The third kappa shape index (κ3) is 2.09. The number of aromatic nitrogens is 2. The summed E-state index contributed by atoms with van der Waals surface area (Å²) in [6.07, 6.45) is 4.01. The van der Waals surface area contributed by atoms with Gasteiger partial charge in [-0.3, -0.25) is 4.79 Å². The molecule has 0 spiro atoms. The molecule has 1 aliphatic rings. The highest BCUT2D eigenvalue weighted by Gasteiger charge is 2.32. The minimum atomic E-state index is 0.00870. The Kier molecular flexibility index (Phi) is 2.77. The fraction of sp³-hybridized carbons (Fsp3) is 0.500. The Balaban J connectivity index is 1.89. The molecule has 1 saturated carbocycles. The van der Waals surface area contributed by atoms with E-state index in [-0.39, 0.29) is 11.9 Å². The number of rotatable bonds is 3. The van der Waals surface area contributed by atoms with E-state index in [0.717, 1.165) is 11.1 Å². The van der Waals surface area contributed by atoms with Crippen molar-refractivity contribution in [1.29, 1.82) is 0 Å². The van der Waals surface area contributed by atoms with Crippen molar-refractivity contribution >= 4 is 17.0 Å². The number of carbonyl (C=O) groups is 1. The van der Waals surface area contributed by atoms with Crippen molar-refractivity contribution < 1.29 is 9.32 Å². The van der Waals surface area contributed by atoms with E-state index in [1.807, 2.05) is 24.9 Å². The molecule has 100 valence electrons. The van der Waals surface area contributed by atoms with Gasteiger partial charge in [-0.25, -0.2) is 4.98 Å². The molecule has 0 aromatic carbocycles. The van der Waals surface area contributed by atoms with Crippen LogP contribution in [0, 0.1) is 12.8 Å². The summed E-state index contributed by atoms with van der Waals surface area (Å²) >= 11 is 0. The summed E-state index contributed by atoms with van der Waals surface area (Å²) < 4.78 is 5.05. The van der Waals surface area contributed by atoms with E-state index in [4.69, 9.17) is 4.52 Å². The standard InChI is InChI=1S/C14H17N3O2/c1-8-12-6-11(7-15-13(12)19-16-8)14(18)17(3)9(2)10-4-5-10/h6-7,9-10H,4-5H2,1-3H3. The van der Waals surface area contributed by atoms with Gasteiger partial charge in [-0.1, -0.05) is 5.16 Å². The van der Waals surface area contributed by atoms with Gasteiger partial charge in [0.05, 0.1) is 16.6 Å². The summed E-state index contributed by atoms with van der Waals surface area (Å²) in [6.45, 7) is 3.95. The zero-order chi connectivity index (χ0) is 13.6. The molecule has 19 heavy (non-hydrogen) atoms. The van der Waals surface area contributed by atoms with E-state index < -0.39 is 0 Å². The van der Waals surface area contributed by atoms with Crippen LogP contribution in [0.3, 0.4) is 0 Å². The molecular weight excluding hydrogens is 242 g/mol. The highest BCUT2D eigenvalue weighted by molar-refractivity contribution is 5.97. The summed E-state index contributed by atoms with van der Waals surface area (Å²) in [7, 11) is 1.86. The quantitative estimate of drug-likeness (QED) is 0.849. The number of carbonyl (C=O) groups excluding carboxylic acids is 1. The van der Waals surface area contributed by atoms with Gasteiger partial charge in [-0.2, -0.15) is 0 Å². The van der Waals surface area contributed by atoms with Crippen LogP contribution in [0.25, 0.3) is 11.1 Å². The molecule has 2 aromatic rings. The maximum absolute atomic E-state index is 12.4. The third-order valence-electron chi connectivity index (χ3n) is 3.99. The second kappa shape index (κ2) is 4.33. The molecule has 2 aromatic heterocycles. The van der Waals surface area contributed by atoms with Crippen molar-refractivity contribution in [2.24, 2.45) is 5.92 Å². The minimum Gasteiger partial charge on any atom is -0.339 e. The Morgan fingerprint density at radius 2 is 2.26 bits per heavy atom. The van der Waals surface area contributed by atoms with Gasteiger partial charge in [0.25, 0.3) is 11.6 Å². The first-order chi connectivity index (χ1) is 9.08. The molecular formula is C14H17N3O2. The summed E-state index contributed by atoms with van der Waals surface area (Å²) in [4.78, 5) is 18.4. The van der Waals surface area contributed by atoms with Crippen LogP contribution < -0.4 is 0 Å². The molecule has 0 radical (unpaired) electrons. The van der Waals surface area contributed by atoms with Crippen LogP contribution in [0.2, 0.25) is 0 Å². The Morgan fingerprint density at radius 3 is 2.95 bits per heavy atom. The van der Waals surface area contributed by atoms with Gasteiger partial charge in [0.1, 0.15) is 0 Å². The average Bonchev–Trinajstić information content (AvgIpc) is 3.21. The zero-order valence-corrected chi connectivity index (χ0v) is 11.4. The lowest BCUT2D eigenvalue weighted by Gasteiger charge is -2.24. The molecule has 1 aliphatic carbocycles. The van der Waals surface area contributed by atoms with E-state index in [0.29, 0.717) is 17.2 Å². The molecule has 1 amide bonds. The van der Waals surface area contributed by atoms with Gasteiger partial charge < -0.3 is 9.42 Å². The van der Waals surface area contributed by atoms with Crippen molar-refractivity contribution in [3.63, 3.8) is 0 Å². The normalized spacial score (nSPS) is 16.6. The molecule has 1 unspecified atom stereocenters. The van der Waals surface area contributed by atoms with E-state index in [2.05, 4.69) is 17.1 Å². The maximum Gasteiger partial charge on any atom is 0.257 e. The SMILES string of the molecule is Cc1noc2ncc(C(=O)N(C)C(C)C3CC3)cc12. The van der Waals surface area contributed by atoms with E-state index in [1.165, 1.54) is 12.8 Å². The van der Waals surface area contributed by atoms with Crippen LogP contribution in [0.1, 0.15) is 35.8 Å². The fourth-order valence-corrected chi connectivity index (χ4v) is 2.35. The molecule has 5 nitrogen and oxygen atoms in total. The lowest BCUT2D eigenvalue weighted by Crippen LogP contribution is -2.36. The lowest BCUT2D eigenvalue weighted by atomic mass is 10.1. The first kappa shape index (κ1) is 12.1. The molecule has 0 N–H and O–H groups in total. The Hall–Kier alpha value is -1.91. The van der Waals surface area contributed by atoms with Crippen LogP contribution >= 0.6 is 0 Å². The number of amides is 1. The number of aryl methyl sites for hydroxylation is 1. The van der Waals surface area contributed by atoms with E-state index >= 15 is 0 Å². The molecule has 1 atom stereocenters. The van der Waals surface area contributed by atoms with Gasteiger partial charge in [0.2, 0.25) is 0 Å². The summed E-state index contributed by atoms with van der Waals surface area (Å²) in [5.41, 5.74) is 1.83. The lowest BCUT2D eigenvalue weighted by molar-refractivity contribution is 0.0727. The monoisotopic (exact) mass is 259 g/mol. The van der Waals surface area contributed by atoms with Crippen molar-refractivity contribution in [3.05, 3.63) is 23.5 Å². The van der Waals surface area contributed by atoms with Gasteiger partial charge in [-0.15, -0.1) is 0 Å². The molecule has 1 fully saturated rings. The summed E-state index contributed by atoms with van der Waals surface area (Å²) in [6, 6.07) is 2.10. The number of hydrogen-bond donors (Lipinski definition) is 0. The van der Waals surface area contributed by atoms with Crippen LogP contribution in [-0.4, -0.2) is 34.0 Å². The molecule has 0 bridgehead atoms. The largest absolute Gasteiger partial charge is 0.339 e. The van der Waals surface area contributed by atoms with E-state index in [9.17, 15) is 4.79 Å². The third-order valence-corrected chi connectivity index (χ3v) is 3.99. The van der Waals surface area contributed by atoms with Crippen LogP contribution in [0.4, 0.5) is 0 Å². The fourth-order valence-electron chi connectivity index (χ4n) is 2.35. The Bertz CT molecular complexity index is 631. The predicted octanol–water partition coefficient (Wildman–Crippen LogP) is 2.40. The summed E-state index contributed by atoms with van der Waals surface area (Å²) in [5, 5.41) is 4.66. The molecule has 0 saturated heterocycles. The van der Waals surface area contributed by atoms with Crippen molar-refractivity contribution in [2.75, 3.05) is 7.05 Å². The van der Waals surface area contributed by atoms with Gasteiger partial charge >= 0.3 is 0 Å². The molecule has 0 aliphatic heterocycles. The van der Waals surface area contributed by atoms with Crippen molar-refractivity contribution in [2.45, 2.75) is 32.7 Å². The van der Waals surface area contributed by atoms with Gasteiger partial charge in [0, 0.05) is 19.3 Å². The zero-order valence-electron chi connectivity index (χ0n) is 11.4. The Labute approximate surface area is 111 Å². The van der Waals surface area contributed by atoms with Gasteiger partial charge in [0.15, 0.2) is 0 Å². The first-order valence-electron chi connectivity index (χ1n) is 6.57. The van der Waals surface area contributed by atoms with Crippen molar-refractivity contribution in [3.8, 4) is 0 Å². The van der Waals surface area contributed by atoms with Crippen LogP contribution in [0.5, 0.6) is 0 Å². The highest BCUT2D eigenvalue weighted by atomic mass is 16.5. The van der Waals surface area contributed by atoms with Gasteiger partial charge in [-0.05, 0) is 38.7 Å². The second-order valence-corrected chi connectivity index (χ2v) is 5.34. The Morgan fingerprint density at radius 1 is 1.53 bits per heavy atom. The molecule has 3 rings (SSSR count). The van der Waals surface area contributed by atoms with Crippen molar-refractivity contribution in [1.82, 2.24) is 15.0 Å². The maximum atomic E-state index is 12.4. The minimum absolute atomic E-state index is 0.00870. The number of fused-ring (bicyclic) bond motifs is 1. The number of pyridine rings is 1. The number of nitrogens with zero attached hydrogens (tertiary/aromatic N) is 3. The first-order valence-corrected chi connectivity index (χ1v) is 6.57. The predicted molar refractivity (Wildman–Crippen MR) is 70.8 cm³/mol. The smallest absolute Gasteiger partial charge is 0.257 e. The number of hydrogen-bond acceptors (Lipinski definition) is 4.